The van der Waals surface area contributed by atoms with Crippen molar-refractivity contribution >= 4 is 22.9 Å². The van der Waals surface area contributed by atoms with Gasteiger partial charge in [0.2, 0.25) is 0 Å². The molecule has 0 unspecified atom stereocenters. The number of nitrogen functional groups attached to an aromatic ring is 1. The van der Waals surface area contributed by atoms with Crippen LogP contribution in [0.5, 0.6) is 0 Å². The molecular formula is C12H13N3OS. The van der Waals surface area contributed by atoms with Crippen molar-refractivity contribution in [1.82, 2.24) is 10.3 Å². The van der Waals surface area contributed by atoms with Crippen LogP contribution in [0.3, 0.4) is 0 Å². The standard InChI is InChI=1S/C12H13N3OS/c1-8-5-11(13)10(7-14-8)12(16)15-6-9-3-2-4-17-9/h2-5,7H,6H2,1H3,(H2,13,14)(H,15,16). The molecule has 0 aliphatic rings. The summed E-state index contributed by atoms with van der Waals surface area (Å²) in [6.07, 6.45) is 1.51. The van der Waals surface area contributed by atoms with E-state index in [2.05, 4.69) is 10.3 Å². The normalized spacial score (nSPS) is 10.2. The lowest BCUT2D eigenvalue weighted by Gasteiger charge is -2.06. The number of nitrogens with two attached hydrogens (primary N) is 1. The van der Waals surface area contributed by atoms with Gasteiger partial charge in [-0.05, 0) is 24.4 Å². The van der Waals surface area contributed by atoms with E-state index in [0.29, 0.717) is 17.8 Å². The second-order valence-corrected chi connectivity index (χ2v) is 4.71. The molecule has 0 aliphatic carbocycles. The molecule has 2 aromatic rings. The topological polar surface area (TPSA) is 68.0 Å². The highest BCUT2D eigenvalue weighted by Gasteiger charge is 2.10. The summed E-state index contributed by atoms with van der Waals surface area (Å²) in [6.45, 7) is 2.35. The van der Waals surface area contributed by atoms with E-state index in [9.17, 15) is 4.79 Å². The van der Waals surface area contributed by atoms with Crippen LogP contribution in [-0.2, 0) is 6.54 Å². The number of hydrogen-bond acceptors (Lipinski definition) is 4. The van der Waals surface area contributed by atoms with Gasteiger partial charge in [0.1, 0.15) is 0 Å². The molecule has 4 nitrogen and oxygen atoms in total. The Morgan fingerprint density at radius 1 is 1.59 bits per heavy atom. The van der Waals surface area contributed by atoms with E-state index in [1.807, 2.05) is 24.4 Å². The van der Waals surface area contributed by atoms with Gasteiger partial charge in [-0.15, -0.1) is 11.3 Å². The highest BCUT2D eigenvalue weighted by molar-refractivity contribution is 7.09. The maximum Gasteiger partial charge on any atom is 0.255 e. The van der Waals surface area contributed by atoms with Crippen LogP contribution >= 0.6 is 11.3 Å². The zero-order chi connectivity index (χ0) is 12.3. The number of pyridine rings is 1. The molecule has 0 radical (unpaired) electrons. The molecule has 0 aliphatic heterocycles. The first-order chi connectivity index (χ1) is 8.16. The van der Waals surface area contributed by atoms with Crippen LogP contribution in [0.15, 0.2) is 29.8 Å². The summed E-state index contributed by atoms with van der Waals surface area (Å²) in [5.74, 6) is -0.191. The lowest BCUT2D eigenvalue weighted by atomic mass is 10.2. The summed E-state index contributed by atoms with van der Waals surface area (Å²) in [7, 11) is 0. The number of carbonyl (C=O) groups is 1. The van der Waals surface area contributed by atoms with Crippen molar-refractivity contribution in [2.75, 3.05) is 5.73 Å². The third-order valence-electron chi connectivity index (χ3n) is 2.32. The Hall–Kier alpha value is -1.88. The fraction of sp³-hybridized carbons (Fsp3) is 0.167. The summed E-state index contributed by atoms with van der Waals surface area (Å²) >= 11 is 1.61. The van der Waals surface area contributed by atoms with Gasteiger partial charge in [-0.2, -0.15) is 0 Å². The Labute approximate surface area is 103 Å². The Morgan fingerprint density at radius 2 is 2.41 bits per heavy atom. The molecule has 2 aromatic heterocycles. The molecule has 2 heterocycles. The van der Waals surface area contributed by atoms with Gasteiger partial charge in [0, 0.05) is 22.5 Å². The molecule has 2 rings (SSSR count). The van der Waals surface area contributed by atoms with Crippen LogP contribution in [-0.4, -0.2) is 10.9 Å². The Balaban J connectivity index is 2.04. The van der Waals surface area contributed by atoms with Crippen LogP contribution in [0.25, 0.3) is 0 Å². The number of thiophene rings is 1. The summed E-state index contributed by atoms with van der Waals surface area (Å²) < 4.78 is 0. The number of aryl methyl sites for hydroxylation is 1. The van der Waals surface area contributed by atoms with Gasteiger partial charge in [-0.3, -0.25) is 9.78 Å². The SMILES string of the molecule is Cc1cc(N)c(C(=O)NCc2cccs2)cn1. The van der Waals surface area contributed by atoms with E-state index in [1.54, 1.807) is 17.4 Å². The number of carbonyl (C=O) groups excluding carboxylic acids is 1. The van der Waals surface area contributed by atoms with Crippen molar-refractivity contribution in [3.63, 3.8) is 0 Å². The van der Waals surface area contributed by atoms with Gasteiger partial charge < -0.3 is 11.1 Å². The number of amides is 1. The van der Waals surface area contributed by atoms with Gasteiger partial charge in [0.25, 0.3) is 5.91 Å². The summed E-state index contributed by atoms with van der Waals surface area (Å²) in [5.41, 5.74) is 7.46. The van der Waals surface area contributed by atoms with Crippen molar-refractivity contribution in [3.8, 4) is 0 Å². The number of nitrogens with one attached hydrogen (secondary N) is 1. The van der Waals surface area contributed by atoms with Gasteiger partial charge >= 0.3 is 0 Å². The van der Waals surface area contributed by atoms with E-state index in [4.69, 9.17) is 5.73 Å². The van der Waals surface area contributed by atoms with Crippen molar-refractivity contribution < 1.29 is 4.79 Å². The minimum absolute atomic E-state index is 0.191. The zero-order valence-electron chi connectivity index (χ0n) is 9.43. The number of hydrogen-bond donors (Lipinski definition) is 2. The Bertz CT molecular complexity index is 523. The molecular weight excluding hydrogens is 234 g/mol. The third kappa shape index (κ3) is 2.82. The quantitative estimate of drug-likeness (QED) is 0.871. The molecule has 0 bridgehead atoms. The molecule has 88 valence electrons. The predicted molar refractivity (Wildman–Crippen MR) is 68.9 cm³/mol. The fourth-order valence-corrected chi connectivity index (χ4v) is 2.09. The Morgan fingerprint density at radius 3 is 3.06 bits per heavy atom. The van der Waals surface area contributed by atoms with Crippen LogP contribution in [0.1, 0.15) is 20.9 Å². The van der Waals surface area contributed by atoms with Crippen LogP contribution in [0.4, 0.5) is 5.69 Å². The lowest BCUT2D eigenvalue weighted by Crippen LogP contribution is -2.23. The molecule has 0 spiro atoms. The summed E-state index contributed by atoms with van der Waals surface area (Å²) in [4.78, 5) is 17.0. The first-order valence-corrected chi connectivity index (χ1v) is 6.07. The minimum Gasteiger partial charge on any atom is -0.398 e. The number of rotatable bonds is 3. The molecule has 3 N–H and O–H groups in total. The third-order valence-corrected chi connectivity index (χ3v) is 3.20. The monoisotopic (exact) mass is 247 g/mol. The second-order valence-electron chi connectivity index (χ2n) is 3.67. The lowest BCUT2D eigenvalue weighted by molar-refractivity contribution is 0.0952. The van der Waals surface area contributed by atoms with Crippen molar-refractivity contribution in [1.29, 1.82) is 0 Å². The van der Waals surface area contributed by atoms with Gasteiger partial charge in [-0.1, -0.05) is 6.07 Å². The van der Waals surface area contributed by atoms with Crippen LogP contribution in [0.2, 0.25) is 0 Å². The molecule has 0 saturated carbocycles. The highest BCUT2D eigenvalue weighted by Crippen LogP contribution is 2.12. The average Bonchev–Trinajstić information content (AvgIpc) is 2.78. The van der Waals surface area contributed by atoms with E-state index in [1.165, 1.54) is 6.20 Å². The van der Waals surface area contributed by atoms with E-state index in [-0.39, 0.29) is 5.91 Å². The van der Waals surface area contributed by atoms with Crippen molar-refractivity contribution in [2.24, 2.45) is 0 Å². The molecule has 1 amide bonds. The van der Waals surface area contributed by atoms with Gasteiger partial charge in [0.15, 0.2) is 0 Å². The minimum atomic E-state index is -0.191. The highest BCUT2D eigenvalue weighted by atomic mass is 32.1. The average molecular weight is 247 g/mol. The second kappa shape index (κ2) is 4.97. The maximum atomic E-state index is 11.8. The predicted octanol–water partition coefficient (Wildman–Crippen LogP) is 1.96. The van der Waals surface area contributed by atoms with Crippen molar-refractivity contribution in [2.45, 2.75) is 13.5 Å². The number of anilines is 1. The molecule has 0 aromatic carbocycles. The number of aromatic nitrogens is 1. The van der Waals surface area contributed by atoms with E-state index in [0.717, 1.165) is 10.6 Å². The molecule has 0 fully saturated rings. The largest absolute Gasteiger partial charge is 0.398 e. The van der Waals surface area contributed by atoms with Gasteiger partial charge in [0.05, 0.1) is 12.1 Å². The molecule has 0 saturated heterocycles. The summed E-state index contributed by atoms with van der Waals surface area (Å²) in [6, 6.07) is 5.62. The Kier molecular flexibility index (Phi) is 3.39. The first kappa shape index (κ1) is 11.6. The van der Waals surface area contributed by atoms with E-state index >= 15 is 0 Å². The van der Waals surface area contributed by atoms with Crippen molar-refractivity contribution in [3.05, 3.63) is 45.9 Å². The first-order valence-electron chi connectivity index (χ1n) is 5.19. The zero-order valence-corrected chi connectivity index (χ0v) is 10.3. The van der Waals surface area contributed by atoms with Crippen LogP contribution < -0.4 is 11.1 Å². The maximum absolute atomic E-state index is 11.8. The molecule has 5 heteroatoms. The number of nitrogens with zero attached hydrogens (tertiary/aromatic N) is 1. The van der Waals surface area contributed by atoms with Gasteiger partial charge in [-0.25, -0.2) is 0 Å². The fourth-order valence-electron chi connectivity index (χ4n) is 1.45. The molecule has 0 atom stereocenters. The smallest absolute Gasteiger partial charge is 0.255 e. The van der Waals surface area contributed by atoms with Crippen LogP contribution in [0, 0.1) is 6.92 Å². The summed E-state index contributed by atoms with van der Waals surface area (Å²) in [5, 5.41) is 4.79. The van der Waals surface area contributed by atoms with E-state index < -0.39 is 0 Å². The molecule has 17 heavy (non-hydrogen) atoms.